The van der Waals surface area contributed by atoms with Gasteiger partial charge in [-0.1, -0.05) is 170 Å². The SMILES string of the molecule is c1cc(-c2ccc(N(c3ccc(-c4cccc5oc6c7ccccc7ccc6c45)cc3)c3ccccc3-c3ccc4ccccc4c3)cc2)cc(-n2c3ccccc3c3ccccc32)c1. The van der Waals surface area contributed by atoms with E-state index >= 15 is 0 Å². The van der Waals surface area contributed by atoms with Gasteiger partial charge in [-0.15, -0.1) is 0 Å². The summed E-state index contributed by atoms with van der Waals surface area (Å²) in [5.41, 5.74) is 15.6. The average molecular weight is 829 g/mol. The van der Waals surface area contributed by atoms with Crippen LogP contribution >= 0.6 is 0 Å². The highest BCUT2D eigenvalue weighted by Gasteiger charge is 2.20. The minimum atomic E-state index is 0.893. The number of nitrogens with zero attached hydrogens (tertiary/aromatic N) is 2. The Morgan fingerprint density at radius 1 is 0.338 bits per heavy atom. The van der Waals surface area contributed by atoms with Crippen LogP contribution < -0.4 is 4.90 Å². The highest BCUT2D eigenvalue weighted by Crippen LogP contribution is 2.44. The maximum atomic E-state index is 6.58. The topological polar surface area (TPSA) is 21.3 Å². The van der Waals surface area contributed by atoms with Crippen molar-refractivity contribution in [2.24, 2.45) is 0 Å². The first-order valence-corrected chi connectivity index (χ1v) is 22.2. The predicted molar refractivity (Wildman–Crippen MR) is 274 cm³/mol. The van der Waals surface area contributed by atoms with Gasteiger partial charge in [-0.05, 0) is 117 Å². The Bertz CT molecular complexity index is 3900. The molecule has 2 heterocycles. The number of furan rings is 1. The predicted octanol–water partition coefficient (Wildman–Crippen LogP) is 17.5. The van der Waals surface area contributed by atoms with Crippen molar-refractivity contribution in [1.82, 2.24) is 4.57 Å². The first kappa shape index (κ1) is 36.9. The zero-order valence-corrected chi connectivity index (χ0v) is 35.4. The molecule has 13 aromatic rings. The molecule has 3 nitrogen and oxygen atoms in total. The zero-order valence-electron chi connectivity index (χ0n) is 35.4. The number of rotatable bonds is 7. The number of benzene rings is 11. The molecule has 0 aliphatic heterocycles. The van der Waals surface area contributed by atoms with E-state index in [1.165, 1.54) is 43.5 Å². The molecule has 0 saturated heterocycles. The summed E-state index contributed by atoms with van der Waals surface area (Å²) in [6.45, 7) is 0. The number of fused-ring (bicyclic) bond motifs is 9. The first-order valence-electron chi connectivity index (χ1n) is 22.2. The van der Waals surface area contributed by atoms with Crippen LogP contribution in [0.5, 0.6) is 0 Å². The third-order valence-electron chi connectivity index (χ3n) is 13.2. The monoisotopic (exact) mass is 828 g/mol. The number of anilines is 3. The fraction of sp³-hybridized carbons (Fsp3) is 0. The summed E-state index contributed by atoms with van der Waals surface area (Å²) in [4.78, 5) is 2.40. The van der Waals surface area contributed by atoms with Gasteiger partial charge in [0, 0.05) is 49.6 Å². The lowest BCUT2D eigenvalue weighted by Gasteiger charge is -2.28. The summed E-state index contributed by atoms with van der Waals surface area (Å²) < 4.78 is 8.96. The summed E-state index contributed by atoms with van der Waals surface area (Å²) in [7, 11) is 0. The molecule has 0 atom stereocenters. The van der Waals surface area contributed by atoms with E-state index in [0.717, 1.165) is 77.9 Å². The van der Waals surface area contributed by atoms with Crippen LogP contribution in [0.1, 0.15) is 0 Å². The summed E-state index contributed by atoms with van der Waals surface area (Å²) in [5.74, 6) is 0. The van der Waals surface area contributed by atoms with Gasteiger partial charge in [0.2, 0.25) is 0 Å². The van der Waals surface area contributed by atoms with Crippen molar-refractivity contribution in [1.29, 1.82) is 0 Å². The molecule has 13 rings (SSSR count). The van der Waals surface area contributed by atoms with Gasteiger partial charge in [-0.3, -0.25) is 0 Å². The molecule has 0 N–H and O–H groups in total. The second kappa shape index (κ2) is 15.0. The van der Waals surface area contributed by atoms with Crippen LogP contribution in [0.4, 0.5) is 17.1 Å². The van der Waals surface area contributed by atoms with E-state index in [4.69, 9.17) is 4.42 Å². The zero-order chi connectivity index (χ0) is 42.8. The largest absolute Gasteiger partial charge is 0.455 e. The van der Waals surface area contributed by atoms with Crippen LogP contribution in [-0.4, -0.2) is 4.57 Å². The first-order chi connectivity index (χ1) is 32.2. The maximum Gasteiger partial charge on any atom is 0.143 e. The molecular weight excluding hydrogens is 789 g/mol. The highest BCUT2D eigenvalue weighted by molar-refractivity contribution is 6.19. The Hall–Kier alpha value is -8.66. The van der Waals surface area contributed by atoms with E-state index in [2.05, 4.69) is 252 Å². The molecule has 3 heteroatoms. The second-order valence-corrected chi connectivity index (χ2v) is 16.9. The minimum Gasteiger partial charge on any atom is -0.455 e. The Labute approximate surface area is 376 Å². The molecular formula is C62H40N2O. The van der Waals surface area contributed by atoms with Gasteiger partial charge < -0.3 is 13.9 Å². The molecule has 0 radical (unpaired) electrons. The van der Waals surface area contributed by atoms with Crippen molar-refractivity contribution < 1.29 is 4.42 Å². The van der Waals surface area contributed by atoms with Crippen molar-refractivity contribution in [3.63, 3.8) is 0 Å². The van der Waals surface area contributed by atoms with Crippen LogP contribution in [-0.2, 0) is 0 Å². The quantitative estimate of drug-likeness (QED) is 0.160. The molecule has 304 valence electrons. The lowest BCUT2D eigenvalue weighted by molar-refractivity contribution is 0.673. The van der Waals surface area contributed by atoms with Gasteiger partial charge in [-0.25, -0.2) is 0 Å². The van der Waals surface area contributed by atoms with Crippen LogP contribution in [0.25, 0.3) is 104 Å². The van der Waals surface area contributed by atoms with E-state index in [0.29, 0.717) is 0 Å². The summed E-state index contributed by atoms with van der Waals surface area (Å²) >= 11 is 0. The number of para-hydroxylation sites is 3. The van der Waals surface area contributed by atoms with E-state index in [1.807, 2.05) is 0 Å². The molecule has 0 aliphatic rings. The van der Waals surface area contributed by atoms with Gasteiger partial charge in [-0.2, -0.15) is 0 Å². The van der Waals surface area contributed by atoms with E-state index in [-0.39, 0.29) is 0 Å². The highest BCUT2D eigenvalue weighted by atomic mass is 16.3. The van der Waals surface area contributed by atoms with Crippen molar-refractivity contribution in [3.8, 4) is 39.1 Å². The molecule has 0 aliphatic carbocycles. The smallest absolute Gasteiger partial charge is 0.143 e. The molecule has 65 heavy (non-hydrogen) atoms. The molecule has 0 fully saturated rings. The minimum absolute atomic E-state index is 0.893. The Kier molecular flexibility index (Phi) is 8.53. The molecule has 0 saturated carbocycles. The Balaban J connectivity index is 0.927. The molecule has 11 aromatic carbocycles. The van der Waals surface area contributed by atoms with Crippen LogP contribution in [0.15, 0.2) is 247 Å². The molecule has 0 unspecified atom stereocenters. The van der Waals surface area contributed by atoms with Crippen LogP contribution in [0, 0.1) is 0 Å². The van der Waals surface area contributed by atoms with Crippen molar-refractivity contribution in [2.45, 2.75) is 0 Å². The van der Waals surface area contributed by atoms with Crippen molar-refractivity contribution >= 4 is 82.4 Å². The number of hydrogen-bond donors (Lipinski definition) is 0. The van der Waals surface area contributed by atoms with Gasteiger partial charge in [0.1, 0.15) is 11.2 Å². The van der Waals surface area contributed by atoms with Gasteiger partial charge in [0.05, 0.1) is 16.7 Å². The van der Waals surface area contributed by atoms with E-state index in [9.17, 15) is 0 Å². The van der Waals surface area contributed by atoms with Gasteiger partial charge >= 0.3 is 0 Å². The third kappa shape index (κ3) is 6.12. The number of hydrogen-bond acceptors (Lipinski definition) is 2. The fourth-order valence-electron chi connectivity index (χ4n) is 10.1. The lowest BCUT2D eigenvalue weighted by atomic mass is 9.97. The molecule has 0 bridgehead atoms. The van der Waals surface area contributed by atoms with E-state index in [1.54, 1.807) is 0 Å². The van der Waals surface area contributed by atoms with Crippen LogP contribution in [0.3, 0.4) is 0 Å². The summed E-state index contributed by atoms with van der Waals surface area (Å²) in [5, 5.41) is 9.54. The fourth-order valence-corrected chi connectivity index (χ4v) is 10.1. The Morgan fingerprint density at radius 3 is 1.69 bits per heavy atom. The van der Waals surface area contributed by atoms with Crippen molar-refractivity contribution in [2.75, 3.05) is 4.90 Å². The average Bonchev–Trinajstić information content (AvgIpc) is 3.94. The maximum absolute atomic E-state index is 6.58. The molecule has 0 spiro atoms. The lowest BCUT2D eigenvalue weighted by Crippen LogP contribution is -2.11. The van der Waals surface area contributed by atoms with Crippen LogP contribution in [0.2, 0.25) is 0 Å². The van der Waals surface area contributed by atoms with Gasteiger partial charge in [0.25, 0.3) is 0 Å². The summed E-state index contributed by atoms with van der Waals surface area (Å²) in [6, 6.07) is 87.7. The third-order valence-corrected chi connectivity index (χ3v) is 13.2. The normalized spacial score (nSPS) is 11.7. The van der Waals surface area contributed by atoms with E-state index < -0.39 is 0 Å². The summed E-state index contributed by atoms with van der Waals surface area (Å²) in [6.07, 6.45) is 0. The molecule has 0 amide bonds. The number of aromatic nitrogens is 1. The second-order valence-electron chi connectivity index (χ2n) is 16.9. The Morgan fingerprint density at radius 2 is 0.923 bits per heavy atom. The standard InChI is InChI=1S/C62H40N2O/c1-2-15-45-39-47(28-27-41(45)13-1)51-18-5-8-23-57(51)63(49-36-31-44(32-37-49)52-22-12-26-60-61(52)56-38-33-43-14-3-4-19-53(43)62(56)65-60)48-34-29-42(30-35-48)46-16-11-17-50(40-46)64-58-24-9-6-20-54(58)55-21-7-10-25-59(55)64/h1-40H. The van der Waals surface area contributed by atoms with Gasteiger partial charge in [0.15, 0.2) is 0 Å². The molecule has 2 aromatic heterocycles. The van der Waals surface area contributed by atoms with Crippen molar-refractivity contribution in [3.05, 3.63) is 243 Å².